The van der Waals surface area contributed by atoms with Crippen LogP contribution in [0, 0.1) is 5.92 Å². The van der Waals surface area contributed by atoms with Crippen LogP contribution in [0.5, 0.6) is 5.88 Å². The van der Waals surface area contributed by atoms with Gasteiger partial charge in [0.05, 0.1) is 37.9 Å². The van der Waals surface area contributed by atoms with Gasteiger partial charge in [0, 0.05) is 25.6 Å². The first kappa shape index (κ1) is 13.3. The molecule has 0 aromatic carbocycles. The van der Waals surface area contributed by atoms with E-state index in [0.717, 1.165) is 26.2 Å². The van der Waals surface area contributed by atoms with Crippen molar-refractivity contribution in [2.24, 2.45) is 5.92 Å². The van der Waals surface area contributed by atoms with E-state index in [0.29, 0.717) is 23.6 Å². The zero-order valence-corrected chi connectivity index (χ0v) is 11.6. The Hall–Kier alpha value is -1.73. The zero-order chi connectivity index (χ0) is 13.8. The Balaban J connectivity index is 1.34. The summed E-state index contributed by atoms with van der Waals surface area (Å²) in [5.41, 5.74) is 0. The van der Waals surface area contributed by atoms with E-state index >= 15 is 0 Å². The summed E-state index contributed by atoms with van der Waals surface area (Å²) >= 11 is 5.75. The second-order valence-corrected chi connectivity index (χ2v) is 5.13. The Kier molecular flexibility index (Phi) is 4.08. The van der Waals surface area contributed by atoms with Crippen LogP contribution in [0.15, 0.2) is 24.8 Å². The molecule has 0 atom stereocenters. The third kappa shape index (κ3) is 3.43. The standard InChI is InChI=1S/C12H15ClN6O/c13-11-5-14-6-12(17-11)20-9-10-7-18(8-10)3-4-19-15-1-2-16-19/h1-2,5-6,10H,3-4,7-9H2. The van der Waals surface area contributed by atoms with Crippen molar-refractivity contribution in [2.45, 2.75) is 6.54 Å². The van der Waals surface area contributed by atoms with Gasteiger partial charge in [0.25, 0.3) is 0 Å². The van der Waals surface area contributed by atoms with Gasteiger partial charge in [0.1, 0.15) is 0 Å². The van der Waals surface area contributed by atoms with Gasteiger partial charge in [-0.05, 0) is 0 Å². The second kappa shape index (κ2) is 6.15. The molecule has 0 aliphatic carbocycles. The summed E-state index contributed by atoms with van der Waals surface area (Å²) in [6.07, 6.45) is 6.45. The Morgan fingerprint density at radius 2 is 2.00 bits per heavy atom. The molecule has 2 aromatic heterocycles. The van der Waals surface area contributed by atoms with Crippen LogP contribution in [0.1, 0.15) is 0 Å². The van der Waals surface area contributed by atoms with E-state index in [1.165, 1.54) is 6.20 Å². The monoisotopic (exact) mass is 294 g/mol. The fraction of sp³-hybridized carbons (Fsp3) is 0.500. The summed E-state index contributed by atoms with van der Waals surface area (Å²) in [6.45, 7) is 4.47. The third-order valence-electron chi connectivity index (χ3n) is 3.17. The minimum Gasteiger partial charge on any atom is -0.476 e. The number of aromatic nitrogens is 5. The summed E-state index contributed by atoms with van der Waals surface area (Å²) < 4.78 is 5.57. The lowest BCUT2D eigenvalue weighted by molar-refractivity contribution is 0.0560. The molecule has 0 unspecified atom stereocenters. The zero-order valence-electron chi connectivity index (χ0n) is 10.9. The van der Waals surface area contributed by atoms with E-state index in [-0.39, 0.29) is 0 Å². The number of ether oxygens (including phenoxy) is 1. The average Bonchev–Trinajstić information content (AvgIpc) is 2.89. The summed E-state index contributed by atoms with van der Waals surface area (Å²) in [5.74, 6) is 1.01. The highest BCUT2D eigenvalue weighted by Crippen LogP contribution is 2.17. The molecule has 0 amide bonds. The van der Waals surface area contributed by atoms with Crippen molar-refractivity contribution < 1.29 is 4.74 Å². The Morgan fingerprint density at radius 1 is 1.20 bits per heavy atom. The van der Waals surface area contributed by atoms with Crippen molar-refractivity contribution in [3.8, 4) is 5.88 Å². The lowest BCUT2D eigenvalue weighted by Crippen LogP contribution is -2.50. The van der Waals surface area contributed by atoms with Crippen molar-refractivity contribution >= 4 is 11.6 Å². The van der Waals surface area contributed by atoms with Crippen molar-refractivity contribution in [3.05, 3.63) is 29.9 Å². The quantitative estimate of drug-likeness (QED) is 0.782. The number of likely N-dealkylation sites (tertiary alicyclic amines) is 1. The molecule has 0 N–H and O–H groups in total. The normalized spacial score (nSPS) is 16.1. The molecule has 1 saturated heterocycles. The number of hydrogen-bond donors (Lipinski definition) is 0. The topological polar surface area (TPSA) is 69.0 Å². The molecule has 7 nitrogen and oxygen atoms in total. The molecule has 3 heterocycles. The van der Waals surface area contributed by atoms with E-state index in [1.807, 2.05) is 0 Å². The molecular weight excluding hydrogens is 280 g/mol. The van der Waals surface area contributed by atoms with Crippen LogP contribution in [-0.2, 0) is 6.54 Å². The Morgan fingerprint density at radius 3 is 2.75 bits per heavy atom. The summed E-state index contributed by atoms with van der Waals surface area (Å²) in [4.78, 5) is 12.0. The Bertz CT molecular complexity index is 543. The van der Waals surface area contributed by atoms with E-state index in [1.54, 1.807) is 23.4 Å². The molecule has 1 aliphatic rings. The van der Waals surface area contributed by atoms with Gasteiger partial charge >= 0.3 is 0 Å². The van der Waals surface area contributed by atoms with Crippen molar-refractivity contribution in [3.63, 3.8) is 0 Å². The first-order valence-electron chi connectivity index (χ1n) is 6.46. The van der Waals surface area contributed by atoms with Crippen LogP contribution in [-0.4, -0.2) is 56.1 Å². The number of hydrogen-bond acceptors (Lipinski definition) is 6. The number of halogens is 1. The molecule has 0 saturated carbocycles. The van der Waals surface area contributed by atoms with Gasteiger partial charge in [-0.3, -0.25) is 4.98 Å². The maximum Gasteiger partial charge on any atom is 0.233 e. The van der Waals surface area contributed by atoms with E-state index in [2.05, 4.69) is 25.1 Å². The predicted octanol–water partition coefficient (Wildman–Crippen LogP) is 0.732. The van der Waals surface area contributed by atoms with Crippen LogP contribution in [0.2, 0.25) is 5.15 Å². The molecule has 1 aliphatic heterocycles. The SMILES string of the molecule is Clc1cncc(OCC2CN(CCn3nccn3)C2)n1. The fourth-order valence-electron chi connectivity index (χ4n) is 2.15. The minimum atomic E-state index is 0.351. The van der Waals surface area contributed by atoms with Gasteiger partial charge in [-0.1, -0.05) is 11.6 Å². The smallest absolute Gasteiger partial charge is 0.233 e. The highest BCUT2D eigenvalue weighted by atomic mass is 35.5. The first-order chi connectivity index (χ1) is 9.79. The lowest BCUT2D eigenvalue weighted by atomic mass is 10.0. The van der Waals surface area contributed by atoms with Crippen LogP contribution in [0.4, 0.5) is 0 Å². The molecule has 20 heavy (non-hydrogen) atoms. The second-order valence-electron chi connectivity index (χ2n) is 4.74. The van der Waals surface area contributed by atoms with Gasteiger partial charge < -0.3 is 9.64 Å². The number of rotatable bonds is 6. The van der Waals surface area contributed by atoms with Crippen LogP contribution in [0.3, 0.4) is 0 Å². The molecule has 8 heteroatoms. The predicted molar refractivity (Wildman–Crippen MR) is 72.5 cm³/mol. The fourth-order valence-corrected chi connectivity index (χ4v) is 2.29. The molecule has 0 radical (unpaired) electrons. The molecule has 3 rings (SSSR count). The maximum absolute atomic E-state index is 5.75. The van der Waals surface area contributed by atoms with Crippen LogP contribution >= 0.6 is 11.6 Å². The van der Waals surface area contributed by atoms with E-state index in [4.69, 9.17) is 16.3 Å². The van der Waals surface area contributed by atoms with Crippen molar-refractivity contribution in [2.75, 3.05) is 26.2 Å². The molecule has 2 aromatic rings. The lowest BCUT2D eigenvalue weighted by Gasteiger charge is -2.38. The van der Waals surface area contributed by atoms with Gasteiger partial charge in [-0.2, -0.15) is 20.0 Å². The molecule has 0 spiro atoms. The average molecular weight is 295 g/mol. The Labute approximate surface area is 121 Å². The van der Waals surface area contributed by atoms with E-state index < -0.39 is 0 Å². The van der Waals surface area contributed by atoms with Gasteiger partial charge in [0.2, 0.25) is 5.88 Å². The molecule has 106 valence electrons. The van der Waals surface area contributed by atoms with Crippen molar-refractivity contribution in [1.29, 1.82) is 0 Å². The largest absolute Gasteiger partial charge is 0.476 e. The summed E-state index contributed by atoms with van der Waals surface area (Å²) in [5, 5.41) is 8.50. The van der Waals surface area contributed by atoms with E-state index in [9.17, 15) is 0 Å². The van der Waals surface area contributed by atoms with Gasteiger partial charge in [-0.15, -0.1) is 0 Å². The first-order valence-corrected chi connectivity index (χ1v) is 6.84. The van der Waals surface area contributed by atoms with Crippen LogP contribution in [0.25, 0.3) is 0 Å². The van der Waals surface area contributed by atoms with Gasteiger partial charge in [-0.25, -0.2) is 0 Å². The van der Waals surface area contributed by atoms with Gasteiger partial charge in [0.15, 0.2) is 5.15 Å². The summed E-state index contributed by atoms with van der Waals surface area (Å²) in [6, 6.07) is 0. The minimum absolute atomic E-state index is 0.351. The maximum atomic E-state index is 5.75. The number of nitrogens with zero attached hydrogens (tertiary/aromatic N) is 6. The van der Waals surface area contributed by atoms with Crippen LogP contribution < -0.4 is 4.74 Å². The molecule has 1 fully saturated rings. The summed E-state index contributed by atoms with van der Waals surface area (Å²) in [7, 11) is 0. The molecule has 0 bridgehead atoms. The highest BCUT2D eigenvalue weighted by molar-refractivity contribution is 6.29. The molecular formula is C12H15ClN6O. The third-order valence-corrected chi connectivity index (χ3v) is 3.35. The van der Waals surface area contributed by atoms with Crippen molar-refractivity contribution in [1.82, 2.24) is 29.9 Å². The highest BCUT2D eigenvalue weighted by Gasteiger charge is 2.27.